The normalized spacial score (nSPS) is 14.3. The predicted octanol–water partition coefficient (Wildman–Crippen LogP) is -1.49. The highest BCUT2D eigenvalue weighted by molar-refractivity contribution is 4.60. The van der Waals surface area contributed by atoms with Crippen molar-refractivity contribution < 1.29 is 0 Å². The Kier molecular flexibility index (Phi) is 4.61. The Morgan fingerprint density at radius 1 is 1.33 bits per heavy atom. The molecule has 56 valence electrons. The third kappa shape index (κ3) is 5.72. The van der Waals surface area contributed by atoms with Gasteiger partial charge in [-0.15, -0.1) is 0 Å². The van der Waals surface area contributed by atoms with E-state index in [1.165, 1.54) is 0 Å². The molecule has 1 unspecified atom stereocenters. The van der Waals surface area contributed by atoms with Crippen molar-refractivity contribution in [3.8, 4) is 0 Å². The minimum atomic E-state index is -0.303. The van der Waals surface area contributed by atoms with E-state index in [0.717, 1.165) is 6.42 Å². The van der Waals surface area contributed by atoms with Crippen LogP contribution in [0, 0.1) is 0 Å². The largest absolute Gasteiger partial charge is 0.316 e. The van der Waals surface area contributed by atoms with Gasteiger partial charge < -0.3 is 17.2 Å². The lowest BCUT2D eigenvalue weighted by atomic mass is 10.4. The van der Waals surface area contributed by atoms with Gasteiger partial charge in [0, 0.05) is 6.54 Å². The zero-order valence-corrected chi connectivity index (χ0v) is 5.80. The van der Waals surface area contributed by atoms with Crippen LogP contribution in [-0.4, -0.2) is 18.9 Å². The van der Waals surface area contributed by atoms with Crippen molar-refractivity contribution in [1.82, 2.24) is 5.32 Å². The fourth-order valence-electron chi connectivity index (χ4n) is 0.432. The molecule has 0 spiro atoms. The molecule has 0 fully saturated rings. The minimum absolute atomic E-state index is 0.0274. The molecule has 0 saturated carbocycles. The SMILES string of the molecule is CCC(N)NCC(N)N. The number of nitrogens with two attached hydrogens (primary N) is 3. The van der Waals surface area contributed by atoms with E-state index in [1.807, 2.05) is 6.92 Å². The van der Waals surface area contributed by atoms with Gasteiger partial charge in [0.2, 0.25) is 0 Å². The molecule has 0 rings (SSSR count). The first-order valence-electron chi connectivity index (χ1n) is 3.17. The number of hydrogen-bond acceptors (Lipinski definition) is 4. The molecule has 0 heterocycles. The van der Waals surface area contributed by atoms with E-state index in [9.17, 15) is 0 Å². The summed E-state index contributed by atoms with van der Waals surface area (Å²) in [6.07, 6.45) is 0.620. The molecule has 9 heavy (non-hydrogen) atoms. The smallest absolute Gasteiger partial charge is 0.0650 e. The van der Waals surface area contributed by atoms with E-state index in [0.29, 0.717) is 6.54 Å². The summed E-state index contributed by atoms with van der Waals surface area (Å²) in [6, 6.07) is 0. The third-order valence-corrected chi connectivity index (χ3v) is 1.06. The molecular formula is C5H16N4. The predicted molar refractivity (Wildman–Crippen MR) is 38.4 cm³/mol. The maximum absolute atomic E-state index is 5.50. The molecule has 4 heteroatoms. The third-order valence-electron chi connectivity index (χ3n) is 1.06. The van der Waals surface area contributed by atoms with E-state index < -0.39 is 0 Å². The Balaban J connectivity index is 3.06. The highest BCUT2D eigenvalue weighted by Crippen LogP contribution is 1.77. The van der Waals surface area contributed by atoms with Gasteiger partial charge in [-0.05, 0) is 6.42 Å². The van der Waals surface area contributed by atoms with E-state index in [4.69, 9.17) is 17.2 Å². The molecule has 0 saturated heterocycles. The van der Waals surface area contributed by atoms with Crippen LogP contribution in [0.2, 0.25) is 0 Å². The van der Waals surface area contributed by atoms with Crippen LogP contribution in [0.5, 0.6) is 0 Å². The van der Waals surface area contributed by atoms with Gasteiger partial charge in [0.15, 0.2) is 0 Å². The van der Waals surface area contributed by atoms with Gasteiger partial charge in [-0.3, -0.25) is 5.32 Å². The van der Waals surface area contributed by atoms with Crippen molar-refractivity contribution in [2.75, 3.05) is 6.54 Å². The van der Waals surface area contributed by atoms with Gasteiger partial charge in [-0.25, -0.2) is 0 Å². The standard InChI is InChI=1S/C5H16N4/c1-2-5(8)9-3-4(6)7/h4-5,9H,2-3,6-8H2,1H3. The van der Waals surface area contributed by atoms with Crippen LogP contribution in [0.3, 0.4) is 0 Å². The molecule has 0 aliphatic carbocycles. The van der Waals surface area contributed by atoms with Crippen LogP contribution in [-0.2, 0) is 0 Å². The second kappa shape index (κ2) is 4.69. The summed E-state index contributed by atoms with van der Waals surface area (Å²) >= 11 is 0. The zero-order valence-electron chi connectivity index (χ0n) is 5.80. The van der Waals surface area contributed by atoms with Crippen molar-refractivity contribution >= 4 is 0 Å². The molecule has 0 aliphatic rings. The molecule has 7 N–H and O–H groups in total. The highest BCUT2D eigenvalue weighted by Gasteiger charge is 1.97. The molecular weight excluding hydrogens is 116 g/mol. The molecule has 0 aromatic heterocycles. The van der Waals surface area contributed by atoms with Crippen LogP contribution in [0.1, 0.15) is 13.3 Å². The van der Waals surface area contributed by atoms with E-state index >= 15 is 0 Å². The van der Waals surface area contributed by atoms with Gasteiger partial charge >= 0.3 is 0 Å². The molecule has 1 atom stereocenters. The molecule has 0 aliphatic heterocycles. The Morgan fingerprint density at radius 2 is 1.89 bits per heavy atom. The first kappa shape index (κ1) is 8.84. The van der Waals surface area contributed by atoms with Gasteiger partial charge in [-0.1, -0.05) is 6.92 Å². The summed E-state index contributed by atoms with van der Waals surface area (Å²) < 4.78 is 0. The van der Waals surface area contributed by atoms with Crippen molar-refractivity contribution in [3.63, 3.8) is 0 Å². The van der Waals surface area contributed by atoms with Crippen molar-refractivity contribution in [3.05, 3.63) is 0 Å². The fourth-order valence-corrected chi connectivity index (χ4v) is 0.432. The molecule has 0 radical (unpaired) electrons. The average Bonchev–Trinajstić information content (AvgIpc) is 1.83. The minimum Gasteiger partial charge on any atom is -0.316 e. The number of nitrogens with one attached hydrogen (secondary N) is 1. The maximum atomic E-state index is 5.50. The van der Waals surface area contributed by atoms with Crippen LogP contribution >= 0.6 is 0 Å². The Morgan fingerprint density at radius 3 is 2.22 bits per heavy atom. The Labute approximate surface area is 55.8 Å². The van der Waals surface area contributed by atoms with Gasteiger partial charge in [0.05, 0.1) is 12.3 Å². The molecule has 0 bridgehead atoms. The van der Waals surface area contributed by atoms with E-state index in [1.54, 1.807) is 0 Å². The summed E-state index contributed by atoms with van der Waals surface area (Å²) in [4.78, 5) is 0. The quantitative estimate of drug-likeness (QED) is 0.351. The van der Waals surface area contributed by atoms with Crippen molar-refractivity contribution in [2.24, 2.45) is 17.2 Å². The second-order valence-corrected chi connectivity index (χ2v) is 2.09. The lowest BCUT2D eigenvalue weighted by Gasteiger charge is -2.12. The average molecular weight is 132 g/mol. The molecule has 4 nitrogen and oxygen atoms in total. The lowest BCUT2D eigenvalue weighted by molar-refractivity contribution is 0.483. The monoisotopic (exact) mass is 132 g/mol. The van der Waals surface area contributed by atoms with E-state index in [-0.39, 0.29) is 12.3 Å². The van der Waals surface area contributed by atoms with E-state index in [2.05, 4.69) is 5.32 Å². The molecule has 0 amide bonds. The zero-order chi connectivity index (χ0) is 7.28. The first-order valence-corrected chi connectivity index (χ1v) is 3.17. The van der Waals surface area contributed by atoms with Crippen LogP contribution in [0.4, 0.5) is 0 Å². The molecule has 0 aromatic carbocycles. The summed E-state index contributed by atoms with van der Waals surface area (Å²) in [6.45, 7) is 2.58. The van der Waals surface area contributed by atoms with Gasteiger partial charge in [0.1, 0.15) is 0 Å². The number of rotatable bonds is 4. The van der Waals surface area contributed by atoms with Crippen molar-refractivity contribution in [1.29, 1.82) is 0 Å². The fraction of sp³-hybridized carbons (Fsp3) is 1.00. The summed E-state index contributed by atoms with van der Waals surface area (Å²) in [5.41, 5.74) is 16.0. The summed E-state index contributed by atoms with van der Waals surface area (Å²) in [7, 11) is 0. The first-order chi connectivity index (χ1) is 4.16. The second-order valence-electron chi connectivity index (χ2n) is 2.09. The maximum Gasteiger partial charge on any atom is 0.0650 e. The summed E-state index contributed by atoms with van der Waals surface area (Å²) in [5.74, 6) is 0. The number of hydrogen-bond donors (Lipinski definition) is 4. The van der Waals surface area contributed by atoms with Gasteiger partial charge in [-0.2, -0.15) is 0 Å². The van der Waals surface area contributed by atoms with Crippen LogP contribution in [0.25, 0.3) is 0 Å². The summed E-state index contributed by atoms with van der Waals surface area (Å²) in [5, 5.41) is 2.96. The van der Waals surface area contributed by atoms with Crippen LogP contribution in [0.15, 0.2) is 0 Å². The van der Waals surface area contributed by atoms with Crippen LogP contribution < -0.4 is 22.5 Å². The Bertz CT molecular complexity index is 64.0. The highest BCUT2D eigenvalue weighted by atomic mass is 15.1. The van der Waals surface area contributed by atoms with Gasteiger partial charge in [0.25, 0.3) is 0 Å². The van der Waals surface area contributed by atoms with Crippen molar-refractivity contribution in [2.45, 2.75) is 25.7 Å². The topological polar surface area (TPSA) is 90.1 Å². The Hall–Kier alpha value is -0.160. The lowest BCUT2D eigenvalue weighted by Crippen LogP contribution is -2.47. The molecule has 0 aromatic rings.